The lowest BCUT2D eigenvalue weighted by molar-refractivity contribution is 0.400. The highest BCUT2D eigenvalue weighted by Gasteiger charge is 2.19. The third-order valence-corrected chi connectivity index (χ3v) is 4.83. The summed E-state index contributed by atoms with van der Waals surface area (Å²) in [5.41, 5.74) is 5.19. The molecule has 5 nitrogen and oxygen atoms in total. The van der Waals surface area contributed by atoms with Crippen molar-refractivity contribution in [1.29, 1.82) is 0 Å². The van der Waals surface area contributed by atoms with Crippen LogP contribution >= 0.6 is 15.9 Å². The minimum Gasteiger partial charge on any atom is -0.396 e. The van der Waals surface area contributed by atoms with E-state index in [0.717, 1.165) is 18.7 Å². The fraction of sp³-hybridized carbons (Fsp3) is 0.455. The molecule has 0 radical (unpaired) electrons. The maximum atomic E-state index is 13.2. The molecule has 0 aromatic heterocycles. The summed E-state index contributed by atoms with van der Waals surface area (Å²) in [6, 6.07) is 2.15. The second kappa shape index (κ2) is 6.65. The molecule has 0 aliphatic carbocycles. The van der Waals surface area contributed by atoms with Crippen molar-refractivity contribution in [1.82, 2.24) is 9.62 Å². The first-order valence-electron chi connectivity index (χ1n) is 5.63. The zero-order valence-electron chi connectivity index (χ0n) is 10.8. The van der Waals surface area contributed by atoms with Crippen molar-refractivity contribution < 1.29 is 12.8 Å². The first kappa shape index (κ1) is 16.4. The van der Waals surface area contributed by atoms with Gasteiger partial charge in [-0.25, -0.2) is 17.5 Å². The van der Waals surface area contributed by atoms with Crippen LogP contribution in [0.1, 0.15) is 6.42 Å². The van der Waals surface area contributed by atoms with E-state index in [9.17, 15) is 12.8 Å². The molecular weight excluding hydrogens is 337 g/mol. The lowest BCUT2D eigenvalue weighted by Crippen LogP contribution is -2.27. The quantitative estimate of drug-likeness (QED) is 0.598. The smallest absolute Gasteiger partial charge is 0.241 e. The van der Waals surface area contributed by atoms with Crippen molar-refractivity contribution in [2.24, 2.45) is 0 Å². The number of nitrogen functional groups attached to an aromatic ring is 1. The predicted molar refractivity (Wildman–Crippen MR) is 76.9 cm³/mol. The third kappa shape index (κ3) is 4.72. The van der Waals surface area contributed by atoms with Gasteiger partial charge in [0, 0.05) is 11.0 Å². The molecule has 0 saturated carbocycles. The SMILES string of the molecule is CN(C)CCCNS(=O)(=O)c1cc(N)c(F)cc1Br. The van der Waals surface area contributed by atoms with E-state index in [-0.39, 0.29) is 15.1 Å². The summed E-state index contributed by atoms with van der Waals surface area (Å²) in [6.45, 7) is 1.08. The lowest BCUT2D eigenvalue weighted by Gasteiger charge is -2.11. The molecule has 0 saturated heterocycles. The predicted octanol–water partition coefficient (Wildman–Crippen LogP) is 1.40. The van der Waals surface area contributed by atoms with Gasteiger partial charge in [-0.15, -0.1) is 0 Å². The zero-order valence-corrected chi connectivity index (χ0v) is 13.2. The van der Waals surface area contributed by atoms with E-state index >= 15 is 0 Å². The number of benzene rings is 1. The van der Waals surface area contributed by atoms with Gasteiger partial charge in [0.05, 0.1) is 10.6 Å². The second-order valence-electron chi connectivity index (χ2n) is 4.36. The van der Waals surface area contributed by atoms with Gasteiger partial charge in [-0.05, 0) is 55.1 Å². The van der Waals surface area contributed by atoms with Gasteiger partial charge < -0.3 is 10.6 Å². The van der Waals surface area contributed by atoms with Crippen LogP contribution in [-0.2, 0) is 10.0 Å². The van der Waals surface area contributed by atoms with Gasteiger partial charge in [-0.3, -0.25) is 0 Å². The summed E-state index contributed by atoms with van der Waals surface area (Å²) in [4.78, 5) is 1.90. The van der Waals surface area contributed by atoms with Crippen molar-refractivity contribution in [3.63, 3.8) is 0 Å². The van der Waals surface area contributed by atoms with Crippen LogP contribution in [0.5, 0.6) is 0 Å². The Bertz CT molecular complexity index is 549. The fourth-order valence-electron chi connectivity index (χ4n) is 1.43. The molecule has 0 spiro atoms. The van der Waals surface area contributed by atoms with Crippen LogP contribution in [0.25, 0.3) is 0 Å². The average molecular weight is 354 g/mol. The molecule has 8 heteroatoms. The first-order chi connectivity index (χ1) is 8.74. The molecule has 0 unspecified atom stereocenters. The normalized spacial score (nSPS) is 12.1. The number of rotatable bonds is 6. The van der Waals surface area contributed by atoms with E-state index in [1.807, 2.05) is 19.0 Å². The van der Waals surface area contributed by atoms with Crippen LogP contribution in [0.2, 0.25) is 0 Å². The van der Waals surface area contributed by atoms with Crippen LogP contribution in [0.15, 0.2) is 21.5 Å². The van der Waals surface area contributed by atoms with Crippen molar-refractivity contribution in [2.75, 3.05) is 32.9 Å². The van der Waals surface area contributed by atoms with Crippen molar-refractivity contribution >= 4 is 31.6 Å². The van der Waals surface area contributed by atoms with E-state index in [2.05, 4.69) is 20.7 Å². The Morgan fingerprint density at radius 3 is 2.63 bits per heavy atom. The topological polar surface area (TPSA) is 75.4 Å². The number of sulfonamides is 1. The Hall–Kier alpha value is -0.700. The number of hydrogen-bond acceptors (Lipinski definition) is 4. The van der Waals surface area contributed by atoms with Gasteiger partial charge in [0.15, 0.2) is 0 Å². The Kier molecular flexibility index (Phi) is 5.72. The molecule has 1 aromatic carbocycles. The van der Waals surface area contributed by atoms with Gasteiger partial charge in [-0.1, -0.05) is 0 Å². The van der Waals surface area contributed by atoms with Crippen LogP contribution in [0, 0.1) is 5.82 Å². The second-order valence-corrected chi connectivity index (χ2v) is 6.95. The molecule has 0 aliphatic rings. The van der Waals surface area contributed by atoms with Gasteiger partial charge in [0.1, 0.15) is 5.82 Å². The summed E-state index contributed by atoms with van der Waals surface area (Å²) in [5, 5.41) is 0. The number of anilines is 1. The summed E-state index contributed by atoms with van der Waals surface area (Å²) >= 11 is 3.03. The van der Waals surface area contributed by atoms with Crippen molar-refractivity contribution in [3.05, 3.63) is 22.4 Å². The molecule has 3 N–H and O–H groups in total. The highest BCUT2D eigenvalue weighted by atomic mass is 79.9. The monoisotopic (exact) mass is 353 g/mol. The first-order valence-corrected chi connectivity index (χ1v) is 7.90. The van der Waals surface area contributed by atoms with E-state index in [1.165, 1.54) is 0 Å². The molecule has 0 fully saturated rings. The Morgan fingerprint density at radius 1 is 1.42 bits per heavy atom. The molecule has 0 aliphatic heterocycles. The van der Waals surface area contributed by atoms with Crippen LogP contribution in [-0.4, -0.2) is 40.5 Å². The van der Waals surface area contributed by atoms with Crippen LogP contribution < -0.4 is 10.5 Å². The lowest BCUT2D eigenvalue weighted by atomic mass is 10.3. The Labute approximate surface area is 121 Å². The van der Waals surface area contributed by atoms with Gasteiger partial charge in [0.2, 0.25) is 10.0 Å². The number of nitrogens with two attached hydrogens (primary N) is 1. The number of nitrogens with zero attached hydrogens (tertiary/aromatic N) is 1. The molecule has 0 bridgehead atoms. The Morgan fingerprint density at radius 2 is 2.05 bits per heavy atom. The van der Waals surface area contributed by atoms with E-state index in [4.69, 9.17) is 5.73 Å². The third-order valence-electron chi connectivity index (χ3n) is 2.41. The molecule has 0 heterocycles. The standard InChI is InChI=1S/C11H17BrFN3O2S/c1-16(2)5-3-4-15-19(17,18)11-7-10(14)9(13)6-8(11)12/h6-7,15H,3-5,14H2,1-2H3. The molecule has 0 amide bonds. The van der Waals surface area contributed by atoms with Crippen LogP contribution in [0.4, 0.5) is 10.1 Å². The largest absolute Gasteiger partial charge is 0.396 e. The van der Waals surface area contributed by atoms with Crippen LogP contribution in [0.3, 0.4) is 0 Å². The number of hydrogen-bond donors (Lipinski definition) is 2. The number of halogens is 2. The van der Waals surface area contributed by atoms with Crippen molar-refractivity contribution in [3.8, 4) is 0 Å². The maximum absolute atomic E-state index is 13.2. The maximum Gasteiger partial charge on any atom is 0.241 e. The number of nitrogens with one attached hydrogen (secondary N) is 1. The van der Waals surface area contributed by atoms with Gasteiger partial charge >= 0.3 is 0 Å². The van der Waals surface area contributed by atoms with E-state index in [1.54, 1.807) is 0 Å². The zero-order chi connectivity index (χ0) is 14.6. The van der Waals surface area contributed by atoms with Crippen molar-refractivity contribution in [2.45, 2.75) is 11.3 Å². The molecule has 1 rings (SSSR count). The molecule has 0 atom stereocenters. The van der Waals surface area contributed by atoms with E-state index < -0.39 is 15.8 Å². The van der Waals surface area contributed by atoms with Gasteiger partial charge in [0.25, 0.3) is 0 Å². The summed E-state index contributed by atoms with van der Waals surface area (Å²) in [5.74, 6) is -0.654. The molecule has 1 aromatic rings. The molecular formula is C11H17BrFN3O2S. The molecule has 19 heavy (non-hydrogen) atoms. The molecule has 108 valence electrons. The van der Waals surface area contributed by atoms with Gasteiger partial charge in [-0.2, -0.15) is 0 Å². The highest BCUT2D eigenvalue weighted by molar-refractivity contribution is 9.10. The minimum atomic E-state index is -3.69. The summed E-state index contributed by atoms with van der Waals surface area (Å²) in [6.07, 6.45) is 0.681. The highest BCUT2D eigenvalue weighted by Crippen LogP contribution is 2.26. The summed E-state index contributed by atoms with van der Waals surface area (Å²) < 4.78 is 39.8. The fourth-order valence-corrected chi connectivity index (χ4v) is 3.55. The summed E-state index contributed by atoms with van der Waals surface area (Å²) in [7, 11) is 0.127. The minimum absolute atomic E-state index is 0.0590. The average Bonchev–Trinajstić information content (AvgIpc) is 2.29. The van der Waals surface area contributed by atoms with E-state index in [0.29, 0.717) is 13.0 Å². The Balaban J connectivity index is 2.80.